The van der Waals surface area contributed by atoms with E-state index in [1.807, 2.05) is 19.2 Å². The van der Waals surface area contributed by atoms with Crippen LogP contribution in [0.4, 0.5) is 5.69 Å². The summed E-state index contributed by atoms with van der Waals surface area (Å²) in [6.07, 6.45) is 1.62. The third-order valence-corrected chi connectivity index (χ3v) is 3.84. The van der Waals surface area contributed by atoms with Crippen molar-refractivity contribution in [2.45, 2.75) is 20.4 Å². The average molecular weight is 309 g/mol. The number of aromatic nitrogens is 2. The lowest BCUT2D eigenvalue weighted by Crippen LogP contribution is -2.29. The Kier molecular flexibility index (Phi) is 4.62. The van der Waals surface area contributed by atoms with Crippen LogP contribution in [0.25, 0.3) is 0 Å². The van der Waals surface area contributed by atoms with Crippen molar-refractivity contribution in [1.29, 1.82) is 0 Å². The van der Waals surface area contributed by atoms with Gasteiger partial charge in [0.25, 0.3) is 0 Å². The van der Waals surface area contributed by atoms with Crippen molar-refractivity contribution in [1.82, 2.24) is 15.1 Å². The van der Waals surface area contributed by atoms with Crippen LogP contribution in [-0.4, -0.2) is 14.9 Å². The molecule has 0 spiro atoms. The molecule has 0 aliphatic heterocycles. The van der Waals surface area contributed by atoms with E-state index in [4.69, 9.17) is 23.8 Å². The number of rotatable bonds is 3. The summed E-state index contributed by atoms with van der Waals surface area (Å²) in [6, 6.07) is 6.09. The van der Waals surface area contributed by atoms with E-state index in [1.54, 1.807) is 10.9 Å². The number of thiocarbonyl (C=S) groups is 1. The van der Waals surface area contributed by atoms with Crippen molar-refractivity contribution in [2.75, 3.05) is 5.32 Å². The maximum Gasteiger partial charge on any atom is 0.171 e. The van der Waals surface area contributed by atoms with Gasteiger partial charge in [0.15, 0.2) is 5.11 Å². The first-order chi connectivity index (χ1) is 9.49. The zero-order valence-electron chi connectivity index (χ0n) is 11.7. The van der Waals surface area contributed by atoms with Gasteiger partial charge in [-0.2, -0.15) is 5.10 Å². The van der Waals surface area contributed by atoms with Crippen LogP contribution in [0.2, 0.25) is 5.02 Å². The van der Waals surface area contributed by atoms with Gasteiger partial charge in [0.1, 0.15) is 0 Å². The Morgan fingerprint density at radius 1 is 1.40 bits per heavy atom. The number of nitrogens with one attached hydrogen (secondary N) is 2. The van der Waals surface area contributed by atoms with Crippen molar-refractivity contribution in [2.24, 2.45) is 7.05 Å². The first-order valence-corrected chi connectivity index (χ1v) is 7.05. The largest absolute Gasteiger partial charge is 0.357 e. The van der Waals surface area contributed by atoms with E-state index in [2.05, 4.69) is 35.6 Å². The summed E-state index contributed by atoms with van der Waals surface area (Å²) in [7, 11) is 1.85. The minimum atomic E-state index is 0.534. The predicted octanol–water partition coefficient (Wildman–Crippen LogP) is 3.18. The Bertz CT molecular complexity index is 617. The van der Waals surface area contributed by atoms with Gasteiger partial charge in [-0.15, -0.1) is 0 Å². The number of hydrogen-bond donors (Lipinski definition) is 2. The Hall–Kier alpha value is -1.59. The first kappa shape index (κ1) is 14.8. The molecule has 2 rings (SSSR count). The molecule has 4 nitrogen and oxygen atoms in total. The van der Waals surface area contributed by atoms with E-state index in [-0.39, 0.29) is 0 Å². The average Bonchev–Trinajstić information content (AvgIpc) is 2.72. The van der Waals surface area contributed by atoms with Crippen LogP contribution >= 0.6 is 23.8 Å². The second-order valence-electron chi connectivity index (χ2n) is 4.62. The SMILES string of the molecule is Cc1cccc(NC(=S)NCc2c(Cl)cnn2C)c1C. The number of anilines is 1. The molecule has 6 heteroatoms. The topological polar surface area (TPSA) is 41.9 Å². The molecule has 0 fully saturated rings. The van der Waals surface area contributed by atoms with E-state index in [0.717, 1.165) is 11.4 Å². The Labute approximate surface area is 129 Å². The highest BCUT2D eigenvalue weighted by Crippen LogP contribution is 2.18. The van der Waals surface area contributed by atoms with Gasteiger partial charge < -0.3 is 10.6 Å². The summed E-state index contributed by atoms with van der Waals surface area (Å²) in [6.45, 7) is 4.68. The summed E-state index contributed by atoms with van der Waals surface area (Å²) >= 11 is 11.4. The molecule has 2 aromatic rings. The molecule has 1 aromatic heterocycles. The normalized spacial score (nSPS) is 10.4. The van der Waals surface area contributed by atoms with Crippen LogP contribution in [0.15, 0.2) is 24.4 Å². The number of benzene rings is 1. The zero-order valence-corrected chi connectivity index (χ0v) is 13.3. The second kappa shape index (κ2) is 6.24. The molecule has 1 aromatic carbocycles. The van der Waals surface area contributed by atoms with Crippen LogP contribution in [0.5, 0.6) is 0 Å². The van der Waals surface area contributed by atoms with Gasteiger partial charge >= 0.3 is 0 Å². The van der Waals surface area contributed by atoms with Gasteiger partial charge in [-0.25, -0.2) is 0 Å². The fourth-order valence-electron chi connectivity index (χ4n) is 1.85. The second-order valence-corrected chi connectivity index (χ2v) is 5.43. The third-order valence-electron chi connectivity index (χ3n) is 3.28. The molecule has 106 valence electrons. The van der Waals surface area contributed by atoms with Gasteiger partial charge in [0.05, 0.1) is 23.5 Å². The highest BCUT2D eigenvalue weighted by molar-refractivity contribution is 7.80. The number of hydrogen-bond acceptors (Lipinski definition) is 2. The van der Waals surface area contributed by atoms with Crippen LogP contribution in [0.1, 0.15) is 16.8 Å². The number of aryl methyl sites for hydroxylation is 2. The summed E-state index contributed by atoms with van der Waals surface area (Å²) < 4.78 is 1.73. The lowest BCUT2D eigenvalue weighted by molar-refractivity contribution is 0.695. The minimum absolute atomic E-state index is 0.534. The van der Waals surface area contributed by atoms with Crippen LogP contribution in [-0.2, 0) is 13.6 Å². The molecule has 0 aliphatic carbocycles. The highest BCUT2D eigenvalue weighted by Gasteiger charge is 2.07. The Morgan fingerprint density at radius 3 is 2.80 bits per heavy atom. The predicted molar refractivity (Wildman–Crippen MR) is 87.2 cm³/mol. The summed E-state index contributed by atoms with van der Waals surface area (Å²) in [4.78, 5) is 0. The number of halogens is 1. The Balaban J connectivity index is 1.98. The van der Waals surface area contributed by atoms with Gasteiger partial charge in [-0.3, -0.25) is 4.68 Å². The van der Waals surface area contributed by atoms with Crippen molar-refractivity contribution in [3.63, 3.8) is 0 Å². The first-order valence-electron chi connectivity index (χ1n) is 6.26. The summed E-state index contributed by atoms with van der Waals surface area (Å²) in [5, 5.41) is 11.6. The molecule has 20 heavy (non-hydrogen) atoms. The van der Waals surface area contributed by atoms with Crippen molar-refractivity contribution in [3.05, 3.63) is 46.2 Å². The van der Waals surface area contributed by atoms with Gasteiger partial charge in [-0.05, 0) is 43.3 Å². The van der Waals surface area contributed by atoms with E-state index >= 15 is 0 Å². The zero-order chi connectivity index (χ0) is 14.7. The molecule has 1 heterocycles. The molecule has 0 amide bonds. The summed E-state index contributed by atoms with van der Waals surface area (Å²) in [5.74, 6) is 0. The lowest BCUT2D eigenvalue weighted by Gasteiger charge is -2.14. The van der Waals surface area contributed by atoms with E-state index in [1.165, 1.54) is 11.1 Å². The van der Waals surface area contributed by atoms with Crippen molar-refractivity contribution in [3.8, 4) is 0 Å². The lowest BCUT2D eigenvalue weighted by atomic mass is 10.1. The molecule has 0 saturated carbocycles. The van der Waals surface area contributed by atoms with Gasteiger partial charge in [0, 0.05) is 12.7 Å². The maximum atomic E-state index is 6.05. The summed E-state index contributed by atoms with van der Waals surface area (Å²) in [5.41, 5.74) is 4.33. The number of nitrogens with zero attached hydrogens (tertiary/aromatic N) is 2. The molecule has 0 atom stereocenters. The van der Waals surface area contributed by atoms with Crippen molar-refractivity contribution >= 4 is 34.6 Å². The minimum Gasteiger partial charge on any atom is -0.357 e. The van der Waals surface area contributed by atoms with Crippen LogP contribution < -0.4 is 10.6 Å². The molecule has 0 radical (unpaired) electrons. The Morgan fingerprint density at radius 2 is 2.15 bits per heavy atom. The molecule has 2 N–H and O–H groups in total. The molecule has 0 aliphatic rings. The molecule has 0 unspecified atom stereocenters. The van der Waals surface area contributed by atoms with E-state index in [0.29, 0.717) is 16.7 Å². The standard InChI is InChI=1S/C14H17ClN4S/c1-9-5-4-6-12(10(9)2)18-14(20)16-8-13-11(15)7-17-19(13)3/h4-7H,8H2,1-3H3,(H2,16,18,20). The third kappa shape index (κ3) is 3.29. The fourth-order valence-corrected chi connectivity index (χ4v) is 2.27. The van der Waals surface area contributed by atoms with Crippen LogP contribution in [0, 0.1) is 13.8 Å². The fraction of sp³-hybridized carbons (Fsp3) is 0.286. The maximum absolute atomic E-state index is 6.05. The van der Waals surface area contributed by atoms with Crippen molar-refractivity contribution < 1.29 is 0 Å². The molecule has 0 bridgehead atoms. The van der Waals surface area contributed by atoms with E-state index < -0.39 is 0 Å². The van der Waals surface area contributed by atoms with Crippen LogP contribution in [0.3, 0.4) is 0 Å². The molecule has 0 saturated heterocycles. The monoisotopic (exact) mass is 308 g/mol. The highest BCUT2D eigenvalue weighted by atomic mass is 35.5. The van der Waals surface area contributed by atoms with Gasteiger partial charge in [0.2, 0.25) is 0 Å². The van der Waals surface area contributed by atoms with E-state index in [9.17, 15) is 0 Å². The molecular formula is C14H17ClN4S. The quantitative estimate of drug-likeness (QED) is 0.855. The smallest absolute Gasteiger partial charge is 0.171 e. The molecular weight excluding hydrogens is 292 g/mol. The van der Waals surface area contributed by atoms with Gasteiger partial charge in [-0.1, -0.05) is 23.7 Å².